The normalized spacial score (nSPS) is 16.3. The summed E-state index contributed by atoms with van der Waals surface area (Å²) in [5, 5.41) is 0. The van der Waals surface area contributed by atoms with E-state index in [0.29, 0.717) is 34.4 Å². The molecule has 2 aromatic carbocycles. The van der Waals surface area contributed by atoms with Crippen molar-refractivity contribution in [2.75, 3.05) is 0 Å². The molecular weight excluding hydrogens is 396 g/mol. The van der Waals surface area contributed by atoms with Crippen LogP contribution in [0.4, 0.5) is 8.78 Å². The first-order valence-corrected chi connectivity index (χ1v) is 9.80. The third-order valence-electron chi connectivity index (χ3n) is 5.10. The van der Waals surface area contributed by atoms with Crippen molar-refractivity contribution >= 4 is 23.3 Å². The van der Waals surface area contributed by atoms with Crippen LogP contribution in [0.5, 0.6) is 0 Å². The molecule has 0 bridgehead atoms. The van der Waals surface area contributed by atoms with Gasteiger partial charge in [-0.1, -0.05) is 30.3 Å². The molecule has 2 N–H and O–H groups in total. The zero-order chi connectivity index (χ0) is 20.5. The number of nitrogens with zero attached hydrogens (tertiary/aromatic N) is 2. The summed E-state index contributed by atoms with van der Waals surface area (Å²) in [5.74, 6) is -2.56. The lowest BCUT2D eigenvalue weighted by molar-refractivity contribution is -0.123. The number of benzene rings is 2. The standard InChI is InChI=1S/C21H17F2N3O2S/c22-13-10-15-14(16(23)11-13)6-7-17(15)26(21(28)18-8-9-25-29-18)19(20(24)27)12-4-2-1-3-5-12/h1-5,8-11,17,19H,6-7H2,(H2,24,27)/t17-,19?/m1/s1. The molecular formula is C21H17F2N3O2S. The van der Waals surface area contributed by atoms with Gasteiger partial charge in [-0.15, -0.1) is 0 Å². The van der Waals surface area contributed by atoms with Crippen LogP contribution in [0.1, 0.15) is 44.9 Å². The van der Waals surface area contributed by atoms with E-state index >= 15 is 0 Å². The molecule has 29 heavy (non-hydrogen) atoms. The third kappa shape index (κ3) is 3.51. The second kappa shape index (κ2) is 7.71. The number of halogens is 2. The van der Waals surface area contributed by atoms with E-state index in [2.05, 4.69) is 4.37 Å². The summed E-state index contributed by atoms with van der Waals surface area (Å²) in [5.41, 5.74) is 6.97. The van der Waals surface area contributed by atoms with Crippen LogP contribution in [-0.4, -0.2) is 21.1 Å². The number of carbonyl (C=O) groups is 2. The van der Waals surface area contributed by atoms with E-state index in [1.165, 1.54) is 17.2 Å². The molecule has 3 aromatic rings. The largest absolute Gasteiger partial charge is 0.368 e. The van der Waals surface area contributed by atoms with Crippen molar-refractivity contribution < 1.29 is 18.4 Å². The molecule has 5 nitrogen and oxygen atoms in total. The summed E-state index contributed by atoms with van der Waals surface area (Å²) >= 11 is 0.989. The molecule has 8 heteroatoms. The Kier molecular flexibility index (Phi) is 5.10. The fourth-order valence-electron chi connectivity index (χ4n) is 3.90. The number of fused-ring (bicyclic) bond motifs is 1. The number of amides is 2. The highest BCUT2D eigenvalue weighted by Gasteiger charge is 2.40. The number of rotatable bonds is 5. The zero-order valence-electron chi connectivity index (χ0n) is 15.2. The molecule has 0 radical (unpaired) electrons. The zero-order valence-corrected chi connectivity index (χ0v) is 16.0. The molecule has 1 heterocycles. The SMILES string of the molecule is NC(=O)C(c1ccccc1)N(C(=O)c1ccns1)[C@@H]1CCc2c(F)cc(F)cc21. The number of nitrogens with two attached hydrogens (primary N) is 1. The summed E-state index contributed by atoms with van der Waals surface area (Å²) in [4.78, 5) is 27.5. The summed E-state index contributed by atoms with van der Waals surface area (Å²) in [6.45, 7) is 0. The Morgan fingerprint density at radius 1 is 1.17 bits per heavy atom. The first-order valence-electron chi connectivity index (χ1n) is 9.03. The van der Waals surface area contributed by atoms with E-state index in [1.807, 2.05) is 0 Å². The van der Waals surface area contributed by atoms with Crippen LogP contribution in [0.3, 0.4) is 0 Å². The Morgan fingerprint density at radius 2 is 1.93 bits per heavy atom. The van der Waals surface area contributed by atoms with Gasteiger partial charge in [0.05, 0.1) is 6.04 Å². The molecule has 0 aliphatic heterocycles. The minimum atomic E-state index is -1.09. The van der Waals surface area contributed by atoms with Crippen LogP contribution < -0.4 is 5.73 Å². The molecule has 148 valence electrons. The minimum absolute atomic E-state index is 0.317. The molecule has 0 saturated carbocycles. The van der Waals surface area contributed by atoms with Gasteiger partial charge in [0.1, 0.15) is 22.6 Å². The third-order valence-corrected chi connectivity index (χ3v) is 5.84. The average Bonchev–Trinajstić information content (AvgIpc) is 3.36. The second-order valence-electron chi connectivity index (χ2n) is 6.81. The van der Waals surface area contributed by atoms with Crippen LogP contribution in [0.2, 0.25) is 0 Å². The van der Waals surface area contributed by atoms with Crippen LogP contribution >= 0.6 is 11.5 Å². The molecule has 2 atom stereocenters. The molecule has 0 saturated heterocycles. The summed E-state index contributed by atoms with van der Waals surface area (Å²) in [7, 11) is 0. The fraction of sp³-hybridized carbons (Fsp3) is 0.190. The molecule has 1 unspecified atom stereocenters. The van der Waals surface area contributed by atoms with Crippen molar-refractivity contribution in [1.29, 1.82) is 0 Å². The molecule has 0 fully saturated rings. The van der Waals surface area contributed by atoms with Gasteiger partial charge in [-0.05, 0) is 53.2 Å². The monoisotopic (exact) mass is 413 g/mol. The molecule has 1 aliphatic rings. The van der Waals surface area contributed by atoms with Gasteiger partial charge < -0.3 is 10.6 Å². The van der Waals surface area contributed by atoms with Gasteiger partial charge in [-0.3, -0.25) is 9.59 Å². The van der Waals surface area contributed by atoms with Gasteiger partial charge in [-0.25, -0.2) is 13.2 Å². The molecule has 0 spiro atoms. The van der Waals surface area contributed by atoms with Crippen molar-refractivity contribution in [3.63, 3.8) is 0 Å². The maximum absolute atomic E-state index is 14.3. The first kappa shape index (κ1) is 19.2. The van der Waals surface area contributed by atoms with E-state index in [4.69, 9.17) is 5.73 Å². The van der Waals surface area contributed by atoms with Gasteiger partial charge >= 0.3 is 0 Å². The van der Waals surface area contributed by atoms with E-state index < -0.39 is 35.5 Å². The van der Waals surface area contributed by atoms with E-state index in [0.717, 1.165) is 17.6 Å². The number of hydrogen-bond donors (Lipinski definition) is 1. The van der Waals surface area contributed by atoms with Gasteiger partial charge in [-0.2, -0.15) is 0 Å². The lowest BCUT2D eigenvalue weighted by atomic mass is 9.99. The lowest BCUT2D eigenvalue weighted by Gasteiger charge is -2.35. The van der Waals surface area contributed by atoms with Crippen LogP contribution in [0, 0.1) is 11.6 Å². The number of carbonyl (C=O) groups excluding carboxylic acids is 2. The number of primary amides is 1. The first-order chi connectivity index (χ1) is 14.0. The number of aromatic nitrogens is 1. The van der Waals surface area contributed by atoms with Crippen molar-refractivity contribution in [2.45, 2.75) is 24.9 Å². The fourth-order valence-corrected chi connectivity index (χ4v) is 4.44. The van der Waals surface area contributed by atoms with Crippen LogP contribution in [0.15, 0.2) is 54.7 Å². The van der Waals surface area contributed by atoms with E-state index in [-0.39, 0.29) is 0 Å². The summed E-state index contributed by atoms with van der Waals surface area (Å²) in [6, 6.07) is 10.5. The molecule has 1 aliphatic carbocycles. The Hall–Kier alpha value is -3.13. The van der Waals surface area contributed by atoms with Crippen molar-refractivity contribution in [3.05, 3.63) is 87.9 Å². The smallest absolute Gasteiger partial charge is 0.267 e. The highest BCUT2D eigenvalue weighted by Crippen LogP contribution is 2.42. The average molecular weight is 413 g/mol. The van der Waals surface area contributed by atoms with Crippen LogP contribution in [0.25, 0.3) is 0 Å². The molecule has 2 amide bonds. The Labute approximate surface area is 169 Å². The minimum Gasteiger partial charge on any atom is -0.368 e. The molecule has 1 aromatic heterocycles. The maximum Gasteiger partial charge on any atom is 0.267 e. The highest BCUT2D eigenvalue weighted by molar-refractivity contribution is 7.08. The predicted octanol–water partition coefficient (Wildman–Crippen LogP) is 3.78. The van der Waals surface area contributed by atoms with E-state index in [1.54, 1.807) is 36.4 Å². The summed E-state index contributed by atoms with van der Waals surface area (Å²) in [6.07, 6.45) is 2.18. The topological polar surface area (TPSA) is 76.3 Å². The highest BCUT2D eigenvalue weighted by atomic mass is 32.1. The Bertz CT molecular complexity index is 1060. The van der Waals surface area contributed by atoms with Crippen molar-refractivity contribution in [3.8, 4) is 0 Å². The Balaban J connectivity index is 1.87. The van der Waals surface area contributed by atoms with E-state index in [9.17, 15) is 18.4 Å². The second-order valence-corrected chi connectivity index (χ2v) is 7.65. The quantitative estimate of drug-likeness (QED) is 0.692. The van der Waals surface area contributed by atoms with Gasteiger partial charge in [0.25, 0.3) is 5.91 Å². The van der Waals surface area contributed by atoms with Crippen molar-refractivity contribution in [2.24, 2.45) is 5.73 Å². The lowest BCUT2D eigenvalue weighted by Crippen LogP contribution is -2.43. The van der Waals surface area contributed by atoms with Gasteiger partial charge in [0.2, 0.25) is 5.91 Å². The summed E-state index contributed by atoms with van der Waals surface area (Å²) < 4.78 is 32.2. The predicted molar refractivity (Wildman–Crippen MR) is 104 cm³/mol. The van der Waals surface area contributed by atoms with Gasteiger partial charge in [0, 0.05) is 12.3 Å². The molecule has 4 rings (SSSR count). The van der Waals surface area contributed by atoms with Gasteiger partial charge in [0.15, 0.2) is 0 Å². The maximum atomic E-state index is 14.3. The Morgan fingerprint density at radius 3 is 2.59 bits per heavy atom. The van der Waals surface area contributed by atoms with Crippen molar-refractivity contribution in [1.82, 2.24) is 9.27 Å². The van der Waals surface area contributed by atoms with Crippen LogP contribution in [-0.2, 0) is 11.2 Å². The number of hydrogen-bond acceptors (Lipinski definition) is 4.